The van der Waals surface area contributed by atoms with Crippen LogP contribution < -0.4 is 0 Å². The number of hydrogen-bond donors (Lipinski definition) is 0. The quantitative estimate of drug-likeness (QED) is 0.836. The highest BCUT2D eigenvalue weighted by Gasteiger charge is 2.24. The summed E-state index contributed by atoms with van der Waals surface area (Å²) in [5.74, 6) is 0.0545. The van der Waals surface area contributed by atoms with E-state index in [1.807, 2.05) is 36.4 Å². The fourth-order valence-corrected chi connectivity index (χ4v) is 3.30. The van der Waals surface area contributed by atoms with E-state index < -0.39 is 0 Å². The van der Waals surface area contributed by atoms with Crippen LogP contribution in [0.4, 0.5) is 0 Å². The Morgan fingerprint density at radius 1 is 1.12 bits per heavy atom. The van der Waals surface area contributed by atoms with E-state index in [0.717, 1.165) is 23.1 Å². The number of amides is 2. The highest BCUT2D eigenvalue weighted by molar-refractivity contribution is 6.05. The first-order chi connectivity index (χ1) is 11.9. The average Bonchev–Trinajstić information content (AvgIpc) is 2.82. The Bertz CT molecular complexity index is 811. The zero-order valence-corrected chi connectivity index (χ0v) is 15.3. The maximum Gasteiger partial charge on any atom is 0.254 e. The second kappa shape index (κ2) is 6.82. The molecule has 1 aliphatic heterocycles. The van der Waals surface area contributed by atoms with Gasteiger partial charge >= 0.3 is 0 Å². The number of pyridine rings is 1. The predicted molar refractivity (Wildman–Crippen MR) is 95.4 cm³/mol. The summed E-state index contributed by atoms with van der Waals surface area (Å²) in [6.07, 6.45) is 2.53. The third kappa shape index (κ3) is 3.36. The number of hydrogen-bond acceptors (Lipinski definition) is 4. The molecule has 0 spiro atoms. The molecule has 7 nitrogen and oxygen atoms in total. The van der Waals surface area contributed by atoms with E-state index >= 15 is 0 Å². The summed E-state index contributed by atoms with van der Waals surface area (Å²) in [6, 6.07) is 2.02. The second-order valence-corrected chi connectivity index (χ2v) is 6.88. The molecule has 0 atom stereocenters. The summed E-state index contributed by atoms with van der Waals surface area (Å²) in [6.45, 7) is 10.1. The lowest BCUT2D eigenvalue weighted by molar-refractivity contribution is -0.128. The zero-order valence-electron chi connectivity index (χ0n) is 15.3. The van der Waals surface area contributed by atoms with Gasteiger partial charge in [0.2, 0.25) is 5.91 Å². The van der Waals surface area contributed by atoms with Crippen molar-refractivity contribution < 1.29 is 9.59 Å². The lowest BCUT2D eigenvalue weighted by atomic mass is 10.1. The number of carbonyl (C=O) groups excluding carboxylic acids is 2. The Hall–Kier alpha value is -2.44. The van der Waals surface area contributed by atoms with E-state index in [1.54, 1.807) is 18.0 Å². The average molecular weight is 343 g/mol. The largest absolute Gasteiger partial charge is 0.341 e. The van der Waals surface area contributed by atoms with Crippen LogP contribution >= 0.6 is 0 Å². The SMILES string of the molecule is CC(=O)N1CCCN(C(=O)c2cc(C)nc3c2cnn3C(C)C)CC1. The molecule has 3 rings (SSSR count). The molecule has 134 valence electrons. The van der Waals surface area contributed by atoms with Gasteiger partial charge in [0.05, 0.1) is 17.1 Å². The van der Waals surface area contributed by atoms with Crippen molar-refractivity contribution in [1.82, 2.24) is 24.6 Å². The summed E-state index contributed by atoms with van der Waals surface area (Å²) < 4.78 is 1.85. The van der Waals surface area contributed by atoms with E-state index in [-0.39, 0.29) is 17.9 Å². The van der Waals surface area contributed by atoms with Gasteiger partial charge in [0.1, 0.15) is 0 Å². The molecule has 2 amide bonds. The topological polar surface area (TPSA) is 71.3 Å². The lowest BCUT2D eigenvalue weighted by Crippen LogP contribution is -2.36. The molecule has 0 N–H and O–H groups in total. The fraction of sp³-hybridized carbons (Fsp3) is 0.556. The van der Waals surface area contributed by atoms with Crippen LogP contribution in [0.25, 0.3) is 11.0 Å². The van der Waals surface area contributed by atoms with Crippen molar-refractivity contribution in [2.75, 3.05) is 26.2 Å². The summed E-state index contributed by atoms with van der Waals surface area (Å²) in [4.78, 5) is 32.9. The molecule has 1 saturated heterocycles. The van der Waals surface area contributed by atoms with Gasteiger partial charge in [-0.1, -0.05) is 0 Å². The van der Waals surface area contributed by atoms with Crippen molar-refractivity contribution in [2.45, 2.75) is 40.2 Å². The van der Waals surface area contributed by atoms with Crippen LogP contribution in [0.3, 0.4) is 0 Å². The van der Waals surface area contributed by atoms with Crippen molar-refractivity contribution >= 4 is 22.8 Å². The molecule has 0 bridgehead atoms. The molecular formula is C18H25N5O2. The summed E-state index contributed by atoms with van der Waals surface area (Å²) in [7, 11) is 0. The van der Waals surface area contributed by atoms with Crippen LogP contribution in [0.15, 0.2) is 12.3 Å². The van der Waals surface area contributed by atoms with Gasteiger partial charge in [-0.2, -0.15) is 5.10 Å². The van der Waals surface area contributed by atoms with Gasteiger partial charge in [-0.25, -0.2) is 9.67 Å². The van der Waals surface area contributed by atoms with Crippen molar-refractivity contribution in [3.8, 4) is 0 Å². The Morgan fingerprint density at radius 3 is 2.48 bits per heavy atom. The van der Waals surface area contributed by atoms with Gasteiger partial charge < -0.3 is 9.80 Å². The van der Waals surface area contributed by atoms with Crippen molar-refractivity contribution in [3.05, 3.63) is 23.5 Å². The number of nitrogens with zero attached hydrogens (tertiary/aromatic N) is 5. The molecular weight excluding hydrogens is 318 g/mol. The minimum atomic E-state index is -0.00999. The number of carbonyl (C=O) groups is 2. The maximum absolute atomic E-state index is 13.1. The first-order valence-corrected chi connectivity index (χ1v) is 8.78. The molecule has 0 aromatic carbocycles. The van der Waals surface area contributed by atoms with E-state index in [4.69, 9.17) is 0 Å². The lowest BCUT2D eigenvalue weighted by Gasteiger charge is -2.22. The van der Waals surface area contributed by atoms with Gasteiger partial charge in [0.25, 0.3) is 5.91 Å². The van der Waals surface area contributed by atoms with Crippen LogP contribution in [-0.2, 0) is 4.79 Å². The Labute approximate surface area is 147 Å². The smallest absolute Gasteiger partial charge is 0.254 e. The molecule has 1 aliphatic rings. The Kier molecular flexibility index (Phi) is 4.74. The first kappa shape index (κ1) is 17.4. The van der Waals surface area contributed by atoms with E-state index in [9.17, 15) is 9.59 Å². The zero-order chi connectivity index (χ0) is 18.1. The van der Waals surface area contributed by atoms with Crippen LogP contribution in [0.5, 0.6) is 0 Å². The standard InChI is InChI=1S/C18H25N5O2/c1-12(2)23-17-16(11-19-23)15(10-13(3)20-17)18(25)22-7-5-6-21(8-9-22)14(4)24/h10-12H,5-9H2,1-4H3. The summed E-state index contributed by atoms with van der Waals surface area (Å²) in [5, 5.41) is 5.20. The minimum Gasteiger partial charge on any atom is -0.341 e. The molecule has 2 aromatic rings. The molecule has 3 heterocycles. The molecule has 0 unspecified atom stereocenters. The predicted octanol–water partition coefficient (Wildman–Crippen LogP) is 2.02. The molecule has 7 heteroatoms. The van der Waals surface area contributed by atoms with Crippen molar-refractivity contribution in [3.63, 3.8) is 0 Å². The summed E-state index contributed by atoms with van der Waals surface area (Å²) in [5.41, 5.74) is 2.20. The number of fused-ring (bicyclic) bond motifs is 1. The molecule has 0 aliphatic carbocycles. The maximum atomic E-state index is 13.1. The van der Waals surface area contributed by atoms with E-state index in [1.165, 1.54) is 0 Å². The van der Waals surface area contributed by atoms with Gasteiger partial charge in [-0.05, 0) is 33.3 Å². The molecule has 0 saturated carbocycles. The van der Waals surface area contributed by atoms with Crippen LogP contribution in [-0.4, -0.2) is 62.6 Å². The van der Waals surface area contributed by atoms with Crippen molar-refractivity contribution in [1.29, 1.82) is 0 Å². The number of rotatable bonds is 2. The molecule has 25 heavy (non-hydrogen) atoms. The Balaban J connectivity index is 1.93. The van der Waals surface area contributed by atoms with E-state index in [0.29, 0.717) is 31.7 Å². The second-order valence-electron chi connectivity index (χ2n) is 6.88. The van der Waals surface area contributed by atoms with Gasteiger partial charge in [0.15, 0.2) is 5.65 Å². The summed E-state index contributed by atoms with van der Waals surface area (Å²) >= 11 is 0. The van der Waals surface area contributed by atoms with Crippen LogP contribution in [0.1, 0.15) is 49.3 Å². The van der Waals surface area contributed by atoms with Crippen LogP contribution in [0, 0.1) is 6.92 Å². The molecule has 1 fully saturated rings. The highest BCUT2D eigenvalue weighted by atomic mass is 16.2. The van der Waals surface area contributed by atoms with Crippen LogP contribution in [0.2, 0.25) is 0 Å². The third-order valence-electron chi connectivity index (χ3n) is 4.64. The van der Waals surface area contributed by atoms with Gasteiger partial charge in [-0.15, -0.1) is 0 Å². The fourth-order valence-electron chi connectivity index (χ4n) is 3.30. The normalized spacial score (nSPS) is 15.7. The van der Waals surface area contributed by atoms with Gasteiger partial charge in [0, 0.05) is 44.8 Å². The van der Waals surface area contributed by atoms with Gasteiger partial charge in [-0.3, -0.25) is 9.59 Å². The molecule has 2 aromatic heterocycles. The number of aryl methyl sites for hydroxylation is 1. The Morgan fingerprint density at radius 2 is 1.80 bits per heavy atom. The molecule has 0 radical (unpaired) electrons. The van der Waals surface area contributed by atoms with E-state index in [2.05, 4.69) is 10.1 Å². The first-order valence-electron chi connectivity index (χ1n) is 8.78. The number of aromatic nitrogens is 3. The highest BCUT2D eigenvalue weighted by Crippen LogP contribution is 2.22. The van der Waals surface area contributed by atoms with Crippen molar-refractivity contribution in [2.24, 2.45) is 0 Å². The monoisotopic (exact) mass is 343 g/mol. The third-order valence-corrected chi connectivity index (χ3v) is 4.64. The minimum absolute atomic E-state index is 0.00999.